The van der Waals surface area contributed by atoms with E-state index in [-0.39, 0.29) is 25.7 Å². The molecule has 6 nitrogen and oxygen atoms in total. The number of carbonyl (C=O) groups is 2. The Hall–Kier alpha value is -1.72. The van der Waals surface area contributed by atoms with E-state index in [1.54, 1.807) is 0 Å². The molecule has 1 heterocycles. The molecule has 0 aromatic carbocycles. The van der Waals surface area contributed by atoms with Gasteiger partial charge in [0.1, 0.15) is 12.5 Å². The van der Waals surface area contributed by atoms with Crippen LogP contribution in [0.25, 0.3) is 0 Å². The molecular weight excluding hydrogens is 204 g/mol. The Bertz CT molecular complexity index is 254. The van der Waals surface area contributed by atoms with Crippen LogP contribution in [0.4, 0.5) is 0 Å². The number of hydrogen-bond acceptors (Lipinski definition) is 4. The van der Waals surface area contributed by atoms with Crippen molar-refractivity contribution in [1.82, 2.24) is 0 Å². The first-order valence-electron chi connectivity index (χ1n) is 4.48. The van der Waals surface area contributed by atoms with Gasteiger partial charge in [-0.3, -0.25) is 9.59 Å². The van der Waals surface area contributed by atoms with E-state index in [1.807, 2.05) is 0 Å². The predicted molar refractivity (Wildman–Crippen MR) is 47.8 cm³/mol. The van der Waals surface area contributed by atoms with E-state index < -0.39 is 17.7 Å². The van der Waals surface area contributed by atoms with Crippen LogP contribution in [0.1, 0.15) is 25.7 Å². The van der Waals surface area contributed by atoms with Gasteiger partial charge in [-0.25, -0.2) is 0 Å². The van der Waals surface area contributed by atoms with Crippen molar-refractivity contribution in [3.05, 3.63) is 12.5 Å². The SMILES string of the molecule is O=C(O)CCC1(CCC(=O)O)OC=CO1. The second-order valence-electron chi connectivity index (χ2n) is 3.21. The van der Waals surface area contributed by atoms with Gasteiger partial charge in [0, 0.05) is 12.8 Å². The molecule has 0 aromatic rings. The number of carboxylic acids is 2. The summed E-state index contributed by atoms with van der Waals surface area (Å²) in [7, 11) is 0. The van der Waals surface area contributed by atoms with E-state index in [2.05, 4.69) is 0 Å². The summed E-state index contributed by atoms with van der Waals surface area (Å²) in [5.41, 5.74) is 0. The largest absolute Gasteiger partial charge is 0.481 e. The van der Waals surface area contributed by atoms with E-state index in [0.717, 1.165) is 0 Å². The van der Waals surface area contributed by atoms with Crippen LogP contribution in [0.2, 0.25) is 0 Å². The molecule has 0 fully saturated rings. The maximum atomic E-state index is 10.4. The molecule has 0 aliphatic carbocycles. The summed E-state index contributed by atoms with van der Waals surface area (Å²) in [4.78, 5) is 20.8. The zero-order valence-corrected chi connectivity index (χ0v) is 8.01. The number of hydrogen-bond donors (Lipinski definition) is 2. The predicted octanol–water partition coefficient (Wildman–Crippen LogP) is 0.930. The first kappa shape index (κ1) is 11.4. The zero-order valence-electron chi connectivity index (χ0n) is 8.01. The monoisotopic (exact) mass is 216 g/mol. The van der Waals surface area contributed by atoms with Crippen molar-refractivity contribution in [3.8, 4) is 0 Å². The van der Waals surface area contributed by atoms with Gasteiger partial charge in [0.15, 0.2) is 0 Å². The van der Waals surface area contributed by atoms with Gasteiger partial charge >= 0.3 is 11.9 Å². The smallest absolute Gasteiger partial charge is 0.303 e. The van der Waals surface area contributed by atoms with Crippen LogP contribution in [-0.2, 0) is 19.1 Å². The summed E-state index contributed by atoms with van der Waals surface area (Å²) in [6, 6.07) is 0. The molecule has 0 spiro atoms. The Morgan fingerprint density at radius 1 is 1.00 bits per heavy atom. The van der Waals surface area contributed by atoms with E-state index >= 15 is 0 Å². The maximum absolute atomic E-state index is 10.4. The lowest BCUT2D eigenvalue weighted by atomic mass is 10.0. The fourth-order valence-electron chi connectivity index (χ4n) is 1.29. The lowest BCUT2D eigenvalue weighted by Crippen LogP contribution is -2.31. The molecule has 0 amide bonds. The zero-order chi connectivity index (χ0) is 11.3. The molecule has 84 valence electrons. The number of aliphatic carboxylic acids is 2. The molecule has 1 rings (SSSR count). The highest BCUT2D eigenvalue weighted by Gasteiger charge is 2.36. The van der Waals surface area contributed by atoms with Gasteiger partial charge in [-0.15, -0.1) is 0 Å². The Morgan fingerprint density at radius 2 is 1.40 bits per heavy atom. The van der Waals surface area contributed by atoms with Crippen molar-refractivity contribution in [1.29, 1.82) is 0 Å². The van der Waals surface area contributed by atoms with Gasteiger partial charge in [0.25, 0.3) is 5.79 Å². The molecule has 0 aromatic heterocycles. The average molecular weight is 216 g/mol. The van der Waals surface area contributed by atoms with Crippen molar-refractivity contribution in [2.24, 2.45) is 0 Å². The lowest BCUT2D eigenvalue weighted by molar-refractivity contribution is -0.166. The van der Waals surface area contributed by atoms with Gasteiger partial charge in [0.05, 0.1) is 12.8 Å². The molecule has 0 atom stereocenters. The second kappa shape index (κ2) is 4.68. The van der Waals surface area contributed by atoms with Crippen LogP contribution in [0.3, 0.4) is 0 Å². The minimum absolute atomic E-state index is 0.124. The fraction of sp³-hybridized carbons (Fsp3) is 0.556. The van der Waals surface area contributed by atoms with Crippen LogP contribution in [0, 0.1) is 0 Å². The van der Waals surface area contributed by atoms with Crippen LogP contribution in [-0.4, -0.2) is 27.9 Å². The average Bonchev–Trinajstić information content (AvgIpc) is 2.61. The van der Waals surface area contributed by atoms with Gasteiger partial charge in [-0.2, -0.15) is 0 Å². The highest BCUT2D eigenvalue weighted by Crippen LogP contribution is 2.30. The van der Waals surface area contributed by atoms with Gasteiger partial charge in [-0.1, -0.05) is 0 Å². The number of ether oxygens (including phenoxy) is 2. The minimum Gasteiger partial charge on any atom is -0.481 e. The first-order valence-corrected chi connectivity index (χ1v) is 4.48. The molecule has 0 unspecified atom stereocenters. The van der Waals surface area contributed by atoms with Crippen LogP contribution in [0.15, 0.2) is 12.5 Å². The molecule has 6 heteroatoms. The van der Waals surface area contributed by atoms with Crippen molar-refractivity contribution in [3.63, 3.8) is 0 Å². The normalized spacial score (nSPS) is 16.8. The molecule has 0 saturated carbocycles. The Labute approximate surface area is 86.1 Å². The molecule has 2 N–H and O–H groups in total. The fourth-order valence-corrected chi connectivity index (χ4v) is 1.29. The van der Waals surface area contributed by atoms with Gasteiger partial charge in [0.2, 0.25) is 0 Å². The molecule has 0 radical (unpaired) electrons. The third-order valence-corrected chi connectivity index (χ3v) is 2.06. The topological polar surface area (TPSA) is 93.1 Å². The molecule has 0 bridgehead atoms. The van der Waals surface area contributed by atoms with Crippen molar-refractivity contribution in [2.75, 3.05) is 0 Å². The molecule has 15 heavy (non-hydrogen) atoms. The summed E-state index contributed by atoms with van der Waals surface area (Å²) in [5.74, 6) is -3.05. The Balaban J connectivity index is 2.47. The van der Waals surface area contributed by atoms with Crippen molar-refractivity contribution in [2.45, 2.75) is 31.5 Å². The van der Waals surface area contributed by atoms with Crippen LogP contribution in [0.5, 0.6) is 0 Å². The summed E-state index contributed by atoms with van der Waals surface area (Å²) >= 11 is 0. The highest BCUT2D eigenvalue weighted by atomic mass is 16.7. The highest BCUT2D eigenvalue weighted by molar-refractivity contribution is 5.67. The molecular formula is C9H12O6. The van der Waals surface area contributed by atoms with E-state index in [1.165, 1.54) is 12.5 Å². The summed E-state index contributed by atoms with van der Waals surface area (Å²) in [6.07, 6.45) is 2.60. The van der Waals surface area contributed by atoms with Crippen LogP contribution < -0.4 is 0 Å². The second-order valence-corrected chi connectivity index (χ2v) is 3.21. The van der Waals surface area contributed by atoms with Crippen molar-refractivity contribution >= 4 is 11.9 Å². The third-order valence-electron chi connectivity index (χ3n) is 2.06. The molecule has 0 saturated heterocycles. The standard InChI is InChI=1S/C9H12O6/c10-7(11)1-3-9(4-2-8(12)13)14-5-6-15-9/h5-6H,1-4H2,(H,10,11)(H,12,13). The molecule has 1 aliphatic heterocycles. The maximum Gasteiger partial charge on any atom is 0.303 e. The van der Waals surface area contributed by atoms with E-state index in [0.29, 0.717) is 0 Å². The summed E-state index contributed by atoms with van der Waals surface area (Å²) < 4.78 is 10.2. The van der Waals surface area contributed by atoms with Gasteiger partial charge in [-0.05, 0) is 0 Å². The Morgan fingerprint density at radius 3 is 1.73 bits per heavy atom. The first-order chi connectivity index (χ1) is 7.04. The summed E-state index contributed by atoms with van der Waals surface area (Å²) in [6.45, 7) is 0. The van der Waals surface area contributed by atoms with E-state index in [4.69, 9.17) is 19.7 Å². The lowest BCUT2D eigenvalue weighted by Gasteiger charge is -2.26. The summed E-state index contributed by atoms with van der Waals surface area (Å²) in [5, 5.41) is 17.0. The molecule has 1 aliphatic rings. The van der Waals surface area contributed by atoms with Crippen LogP contribution >= 0.6 is 0 Å². The Kier molecular flexibility index (Phi) is 3.54. The van der Waals surface area contributed by atoms with Gasteiger partial charge < -0.3 is 19.7 Å². The minimum atomic E-state index is -1.11. The number of rotatable bonds is 6. The number of carboxylic acid groups (broad SMARTS) is 2. The van der Waals surface area contributed by atoms with E-state index in [9.17, 15) is 9.59 Å². The van der Waals surface area contributed by atoms with Crippen molar-refractivity contribution < 1.29 is 29.3 Å². The quantitative estimate of drug-likeness (QED) is 0.686. The third kappa shape index (κ3) is 3.49.